The number of aryl methyl sites for hydroxylation is 1. The molecule has 128 valence electrons. The Morgan fingerprint density at radius 1 is 1.08 bits per heavy atom. The van der Waals surface area contributed by atoms with Crippen LogP contribution >= 0.6 is 0 Å². The highest BCUT2D eigenvalue weighted by Gasteiger charge is 2.26. The highest BCUT2D eigenvalue weighted by atomic mass is 19.2. The monoisotopic (exact) mass is 344 g/mol. The normalized spacial score (nSPS) is 16.7. The van der Waals surface area contributed by atoms with Gasteiger partial charge in [-0.3, -0.25) is 4.79 Å². The van der Waals surface area contributed by atoms with Crippen LogP contribution in [-0.4, -0.2) is 16.9 Å². The van der Waals surface area contributed by atoms with Gasteiger partial charge in [0.25, 0.3) is 5.91 Å². The summed E-state index contributed by atoms with van der Waals surface area (Å²) >= 11 is 0. The number of halogens is 3. The Balaban J connectivity index is 1.57. The number of rotatable bonds is 2. The third kappa shape index (κ3) is 2.67. The molecule has 0 aliphatic heterocycles. The largest absolute Gasteiger partial charge is 0.358 e. The van der Waals surface area contributed by atoms with Gasteiger partial charge in [0, 0.05) is 22.6 Å². The molecule has 25 heavy (non-hydrogen) atoms. The summed E-state index contributed by atoms with van der Waals surface area (Å²) < 4.78 is 40.1. The quantitative estimate of drug-likeness (QED) is 0.681. The fraction of sp³-hybridized carbons (Fsp3) is 0.211. The minimum atomic E-state index is -1.63. The van der Waals surface area contributed by atoms with E-state index in [9.17, 15) is 18.0 Å². The van der Waals surface area contributed by atoms with Crippen molar-refractivity contribution in [3.8, 4) is 0 Å². The summed E-state index contributed by atoms with van der Waals surface area (Å²) in [6.07, 6.45) is 2.06. The molecule has 6 heteroatoms. The van der Waals surface area contributed by atoms with E-state index in [0.717, 1.165) is 40.7 Å². The van der Waals surface area contributed by atoms with Crippen molar-refractivity contribution < 1.29 is 18.0 Å². The Bertz CT molecular complexity index is 980. The Morgan fingerprint density at radius 2 is 1.88 bits per heavy atom. The number of carbonyl (C=O) groups is 1. The molecule has 3 aromatic rings. The molecular formula is C19H15F3N2O. The van der Waals surface area contributed by atoms with Gasteiger partial charge in [0.2, 0.25) is 0 Å². The zero-order valence-electron chi connectivity index (χ0n) is 13.2. The summed E-state index contributed by atoms with van der Waals surface area (Å²) in [4.78, 5) is 15.6. The molecule has 1 heterocycles. The molecule has 1 aliphatic rings. The van der Waals surface area contributed by atoms with Gasteiger partial charge in [0.05, 0.1) is 5.56 Å². The Labute approximate surface area is 141 Å². The second-order valence-corrected chi connectivity index (χ2v) is 6.26. The van der Waals surface area contributed by atoms with E-state index in [0.29, 0.717) is 12.8 Å². The highest BCUT2D eigenvalue weighted by Crippen LogP contribution is 2.29. The lowest BCUT2D eigenvalue weighted by Gasteiger charge is -2.23. The van der Waals surface area contributed by atoms with Crippen LogP contribution in [0.5, 0.6) is 0 Å². The maximum atomic E-state index is 13.8. The molecule has 4 rings (SSSR count). The van der Waals surface area contributed by atoms with E-state index in [-0.39, 0.29) is 6.04 Å². The number of hydrogen-bond acceptors (Lipinski definition) is 1. The molecule has 1 aliphatic carbocycles. The predicted octanol–water partition coefficient (Wildman–Crippen LogP) is 3.87. The first kappa shape index (κ1) is 15.7. The number of aromatic amines is 1. The Kier molecular flexibility index (Phi) is 3.75. The summed E-state index contributed by atoms with van der Waals surface area (Å²) in [5.74, 6) is -5.13. The third-order valence-corrected chi connectivity index (χ3v) is 4.71. The summed E-state index contributed by atoms with van der Waals surface area (Å²) in [7, 11) is 0. The van der Waals surface area contributed by atoms with Crippen molar-refractivity contribution >= 4 is 16.8 Å². The lowest BCUT2D eigenvalue weighted by molar-refractivity contribution is 0.0928. The number of amides is 1. The second kappa shape index (κ2) is 5.95. The molecule has 1 atom stereocenters. The van der Waals surface area contributed by atoms with E-state index in [1.807, 2.05) is 24.3 Å². The highest BCUT2D eigenvalue weighted by molar-refractivity contribution is 5.95. The van der Waals surface area contributed by atoms with Crippen molar-refractivity contribution in [2.75, 3.05) is 0 Å². The number of hydrogen-bond donors (Lipinski definition) is 2. The molecule has 0 saturated heterocycles. The van der Waals surface area contributed by atoms with Gasteiger partial charge < -0.3 is 10.3 Å². The first-order valence-corrected chi connectivity index (χ1v) is 8.07. The molecule has 0 spiro atoms. The average molecular weight is 344 g/mol. The van der Waals surface area contributed by atoms with Gasteiger partial charge in [-0.15, -0.1) is 0 Å². The van der Waals surface area contributed by atoms with E-state index in [2.05, 4.69) is 10.3 Å². The van der Waals surface area contributed by atoms with Crippen LogP contribution in [0.3, 0.4) is 0 Å². The van der Waals surface area contributed by atoms with E-state index >= 15 is 0 Å². The second-order valence-electron chi connectivity index (χ2n) is 6.26. The lowest BCUT2D eigenvalue weighted by Crippen LogP contribution is -2.39. The number of para-hydroxylation sites is 1. The summed E-state index contributed by atoms with van der Waals surface area (Å²) in [6.45, 7) is 0. The first-order chi connectivity index (χ1) is 12.0. The zero-order valence-corrected chi connectivity index (χ0v) is 13.2. The molecule has 0 radical (unpaired) electrons. The van der Waals surface area contributed by atoms with Crippen molar-refractivity contribution in [1.29, 1.82) is 0 Å². The minimum absolute atomic E-state index is 0.188. The molecule has 2 N–H and O–H groups in total. The van der Waals surface area contributed by atoms with Gasteiger partial charge in [-0.1, -0.05) is 18.2 Å². The van der Waals surface area contributed by atoms with Gasteiger partial charge in [0.15, 0.2) is 17.5 Å². The van der Waals surface area contributed by atoms with Crippen molar-refractivity contribution in [1.82, 2.24) is 10.3 Å². The molecule has 1 amide bonds. The maximum Gasteiger partial charge on any atom is 0.254 e. The fourth-order valence-electron chi connectivity index (χ4n) is 3.46. The Hall–Kier alpha value is -2.76. The van der Waals surface area contributed by atoms with Crippen molar-refractivity contribution in [2.24, 2.45) is 0 Å². The first-order valence-electron chi connectivity index (χ1n) is 8.07. The predicted molar refractivity (Wildman–Crippen MR) is 87.9 cm³/mol. The van der Waals surface area contributed by atoms with Crippen LogP contribution in [0.4, 0.5) is 13.2 Å². The molecule has 0 fully saturated rings. The maximum absolute atomic E-state index is 13.8. The number of fused-ring (bicyclic) bond motifs is 3. The van der Waals surface area contributed by atoms with Crippen molar-refractivity contribution in [3.63, 3.8) is 0 Å². The summed E-state index contributed by atoms with van der Waals surface area (Å²) in [5, 5.41) is 3.84. The van der Waals surface area contributed by atoms with E-state index in [1.165, 1.54) is 0 Å². The molecule has 1 unspecified atom stereocenters. The van der Waals surface area contributed by atoms with E-state index in [4.69, 9.17) is 0 Å². The molecule has 0 bridgehead atoms. The number of carbonyl (C=O) groups excluding carboxylic acids is 1. The molecule has 0 saturated carbocycles. The van der Waals surface area contributed by atoms with Crippen LogP contribution in [-0.2, 0) is 12.8 Å². The van der Waals surface area contributed by atoms with Gasteiger partial charge in [0.1, 0.15) is 0 Å². The zero-order chi connectivity index (χ0) is 17.6. The van der Waals surface area contributed by atoms with Crippen LogP contribution < -0.4 is 5.32 Å². The van der Waals surface area contributed by atoms with Gasteiger partial charge in [-0.25, -0.2) is 13.2 Å². The number of benzene rings is 2. The van der Waals surface area contributed by atoms with Crippen LogP contribution in [0, 0.1) is 17.5 Å². The van der Waals surface area contributed by atoms with Crippen LogP contribution in [0.25, 0.3) is 10.9 Å². The van der Waals surface area contributed by atoms with E-state index < -0.39 is 28.9 Å². The summed E-state index contributed by atoms with van der Waals surface area (Å²) in [6, 6.07) is 9.45. The number of aromatic nitrogens is 1. The van der Waals surface area contributed by atoms with Gasteiger partial charge in [-0.2, -0.15) is 0 Å². The molecule has 3 nitrogen and oxygen atoms in total. The van der Waals surface area contributed by atoms with Crippen LogP contribution in [0.1, 0.15) is 28.0 Å². The van der Waals surface area contributed by atoms with Crippen molar-refractivity contribution in [2.45, 2.75) is 25.3 Å². The number of nitrogens with one attached hydrogen (secondary N) is 2. The third-order valence-electron chi connectivity index (χ3n) is 4.71. The van der Waals surface area contributed by atoms with Gasteiger partial charge in [-0.05, 0) is 43.0 Å². The lowest BCUT2D eigenvalue weighted by atomic mass is 9.91. The van der Waals surface area contributed by atoms with E-state index in [1.54, 1.807) is 0 Å². The standard InChI is InChI=1S/C19H15F3N2O/c20-14-7-6-12(17(21)18(14)22)19(25)23-10-5-8-16-13(9-10)11-3-1-2-4-15(11)24-16/h1-4,6-7,10,24H,5,8-9H2,(H,23,25). The van der Waals surface area contributed by atoms with Crippen molar-refractivity contribution in [3.05, 3.63) is 70.7 Å². The number of H-pyrrole nitrogens is 1. The van der Waals surface area contributed by atoms with Crippen LogP contribution in [0.15, 0.2) is 36.4 Å². The SMILES string of the molecule is O=C(NC1CCc2[nH]c3ccccc3c2C1)c1ccc(F)c(F)c1F. The van der Waals surface area contributed by atoms with Gasteiger partial charge >= 0.3 is 0 Å². The molecule has 1 aromatic heterocycles. The Morgan fingerprint density at radius 3 is 2.72 bits per heavy atom. The fourth-order valence-corrected chi connectivity index (χ4v) is 3.46. The minimum Gasteiger partial charge on any atom is -0.358 e. The molecular weight excluding hydrogens is 329 g/mol. The average Bonchev–Trinajstić information content (AvgIpc) is 2.98. The smallest absolute Gasteiger partial charge is 0.254 e. The topological polar surface area (TPSA) is 44.9 Å². The molecule has 2 aromatic carbocycles. The van der Waals surface area contributed by atoms with Crippen LogP contribution in [0.2, 0.25) is 0 Å². The summed E-state index contributed by atoms with van der Waals surface area (Å²) in [5.41, 5.74) is 2.85.